The zero-order chi connectivity index (χ0) is 22.6. The van der Waals surface area contributed by atoms with Gasteiger partial charge in [0.2, 0.25) is 16.0 Å². The summed E-state index contributed by atoms with van der Waals surface area (Å²) in [6.45, 7) is 2.44. The van der Waals surface area contributed by atoms with Crippen molar-refractivity contribution in [2.24, 2.45) is 5.92 Å². The van der Waals surface area contributed by atoms with Crippen molar-refractivity contribution in [2.45, 2.75) is 26.0 Å². The third-order valence-corrected chi connectivity index (χ3v) is 6.01. The second-order valence-electron chi connectivity index (χ2n) is 7.90. The summed E-state index contributed by atoms with van der Waals surface area (Å²) in [4.78, 5) is 2.12. The molecule has 1 fully saturated rings. The molecule has 1 atom stereocenters. The molecule has 172 valence electrons. The molecule has 0 amide bonds. The maximum absolute atomic E-state index is 13.2. The molecule has 3 aromatic rings. The molecule has 1 saturated heterocycles. The van der Waals surface area contributed by atoms with E-state index < -0.39 is 10.0 Å². The van der Waals surface area contributed by atoms with Gasteiger partial charge in [-0.1, -0.05) is 0 Å². The molecule has 1 aliphatic heterocycles. The van der Waals surface area contributed by atoms with Crippen LogP contribution in [0.15, 0.2) is 47.1 Å². The summed E-state index contributed by atoms with van der Waals surface area (Å²) in [6.07, 6.45) is 4.64. The van der Waals surface area contributed by atoms with Gasteiger partial charge in [-0.15, -0.1) is 10.2 Å². The summed E-state index contributed by atoms with van der Waals surface area (Å²) in [5, 5.41) is 8.74. The minimum Gasteiger partial charge on any atom is -0.486 e. The lowest BCUT2D eigenvalue weighted by atomic mass is 9.99. The van der Waals surface area contributed by atoms with Crippen LogP contribution in [0, 0.1) is 11.7 Å². The van der Waals surface area contributed by atoms with Crippen molar-refractivity contribution in [3.8, 4) is 5.75 Å². The summed E-state index contributed by atoms with van der Waals surface area (Å²) in [5.41, 5.74) is 0. The zero-order valence-corrected chi connectivity index (χ0v) is 18.6. The van der Waals surface area contributed by atoms with Gasteiger partial charge in [0, 0.05) is 19.6 Å². The van der Waals surface area contributed by atoms with E-state index in [1.54, 1.807) is 18.4 Å². The normalized spacial score (nSPS) is 16.9. The molecule has 0 spiro atoms. The van der Waals surface area contributed by atoms with E-state index in [9.17, 15) is 12.8 Å². The second kappa shape index (κ2) is 9.70. The van der Waals surface area contributed by atoms with E-state index in [1.165, 1.54) is 18.4 Å². The Morgan fingerprint density at radius 3 is 2.78 bits per heavy atom. The number of nitrogens with zero attached hydrogens (tertiary/aromatic N) is 4. The van der Waals surface area contributed by atoms with Crippen LogP contribution in [0.1, 0.15) is 24.4 Å². The van der Waals surface area contributed by atoms with Crippen molar-refractivity contribution in [1.82, 2.24) is 19.5 Å². The second-order valence-corrected chi connectivity index (χ2v) is 9.73. The Bertz CT molecular complexity index is 1120. The molecule has 32 heavy (non-hydrogen) atoms. The van der Waals surface area contributed by atoms with Crippen molar-refractivity contribution >= 4 is 16.0 Å². The van der Waals surface area contributed by atoms with Crippen molar-refractivity contribution in [3.05, 3.63) is 60.1 Å². The molecule has 2 aromatic heterocycles. The number of hydrogen-bond acceptors (Lipinski definition) is 7. The number of halogens is 1. The maximum Gasteiger partial charge on any atom is 0.227 e. The molecular weight excluding hydrogens is 437 g/mol. The number of hydrogen-bond donors (Lipinski definition) is 1. The molecular formula is C21H26FN5O4S. The van der Waals surface area contributed by atoms with Crippen molar-refractivity contribution in [1.29, 1.82) is 0 Å². The first-order valence-corrected chi connectivity index (χ1v) is 12.3. The van der Waals surface area contributed by atoms with Gasteiger partial charge >= 0.3 is 0 Å². The van der Waals surface area contributed by atoms with Crippen LogP contribution in [0.2, 0.25) is 0 Å². The average molecular weight is 464 g/mol. The Morgan fingerprint density at radius 1 is 1.25 bits per heavy atom. The quantitative estimate of drug-likeness (QED) is 0.520. The number of rotatable bonds is 9. The average Bonchev–Trinajstić information content (AvgIpc) is 3.42. The Morgan fingerprint density at radius 2 is 2.06 bits per heavy atom. The van der Waals surface area contributed by atoms with E-state index in [1.807, 2.05) is 16.7 Å². The topological polar surface area (TPSA) is 102 Å². The standard InChI is InChI=1S/C21H26FN5O4S/c1-32(28,29)23-12-16-4-2-10-26(13-16)21-25-24-20(27(21)14-19-5-3-11-30-19)15-31-18-8-6-17(22)7-9-18/h3,5-9,11,16,23H,2,4,10,12-15H2,1H3. The molecule has 0 saturated carbocycles. The summed E-state index contributed by atoms with van der Waals surface area (Å²) < 4.78 is 51.9. The molecule has 1 unspecified atom stereocenters. The lowest BCUT2D eigenvalue weighted by Crippen LogP contribution is -2.42. The van der Waals surface area contributed by atoms with Crippen LogP contribution >= 0.6 is 0 Å². The van der Waals surface area contributed by atoms with Crippen LogP contribution < -0.4 is 14.4 Å². The van der Waals surface area contributed by atoms with Gasteiger partial charge in [-0.05, 0) is 55.2 Å². The fourth-order valence-corrected chi connectivity index (χ4v) is 4.29. The highest BCUT2D eigenvalue weighted by atomic mass is 32.2. The van der Waals surface area contributed by atoms with Crippen LogP contribution in [0.25, 0.3) is 0 Å². The Kier molecular flexibility index (Phi) is 6.75. The molecule has 4 rings (SSSR count). The minimum atomic E-state index is -3.23. The highest BCUT2D eigenvalue weighted by Gasteiger charge is 2.26. The van der Waals surface area contributed by atoms with Crippen molar-refractivity contribution in [3.63, 3.8) is 0 Å². The third kappa shape index (κ3) is 5.86. The van der Waals surface area contributed by atoms with E-state index in [0.29, 0.717) is 37.2 Å². The van der Waals surface area contributed by atoms with Gasteiger partial charge in [0.15, 0.2) is 5.82 Å². The Balaban J connectivity index is 1.52. The maximum atomic E-state index is 13.2. The lowest BCUT2D eigenvalue weighted by molar-refractivity contribution is 0.288. The van der Waals surface area contributed by atoms with Gasteiger partial charge in [-0.2, -0.15) is 0 Å². The number of ether oxygens (including phenoxy) is 1. The van der Waals surface area contributed by atoms with Crippen LogP contribution in [-0.4, -0.2) is 49.1 Å². The first-order valence-electron chi connectivity index (χ1n) is 10.4. The number of furan rings is 1. The van der Waals surface area contributed by atoms with E-state index >= 15 is 0 Å². The highest BCUT2D eigenvalue weighted by Crippen LogP contribution is 2.24. The highest BCUT2D eigenvalue weighted by molar-refractivity contribution is 7.88. The molecule has 11 heteroatoms. The van der Waals surface area contributed by atoms with Gasteiger partial charge in [-0.25, -0.2) is 17.5 Å². The fraction of sp³-hybridized carbons (Fsp3) is 0.429. The van der Waals surface area contributed by atoms with Gasteiger partial charge in [0.05, 0.1) is 19.1 Å². The van der Waals surface area contributed by atoms with Crippen LogP contribution in [-0.2, 0) is 23.2 Å². The molecule has 0 aliphatic carbocycles. The van der Waals surface area contributed by atoms with E-state index in [2.05, 4.69) is 19.8 Å². The van der Waals surface area contributed by atoms with Gasteiger partial charge in [0.1, 0.15) is 23.9 Å². The molecule has 1 N–H and O–H groups in total. The molecule has 3 heterocycles. The van der Waals surface area contributed by atoms with Gasteiger partial charge in [-0.3, -0.25) is 4.57 Å². The third-order valence-electron chi connectivity index (χ3n) is 5.32. The van der Waals surface area contributed by atoms with Crippen LogP contribution in [0.5, 0.6) is 5.75 Å². The monoisotopic (exact) mass is 463 g/mol. The fourth-order valence-electron chi connectivity index (χ4n) is 3.75. The van der Waals surface area contributed by atoms with E-state index in [4.69, 9.17) is 9.15 Å². The summed E-state index contributed by atoms with van der Waals surface area (Å²) >= 11 is 0. The molecule has 1 aromatic carbocycles. The summed E-state index contributed by atoms with van der Waals surface area (Å²) in [7, 11) is -3.23. The number of anilines is 1. The molecule has 0 radical (unpaired) electrons. The number of sulfonamides is 1. The SMILES string of the molecule is CS(=O)(=O)NCC1CCCN(c2nnc(COc3ccc(F)cc3)n2Cc2ccco2)C1. The summed E-state index contributed by atoms with van der Waals surface area (Å²) in [5.74, 6) is 2.42. The number of aromatic nitrogens is 3. The zero-order valence-electron chi connectivity index (χ0n) is 17.8. The smallest absolute Gasteiger partial charge is 0.227 e. The Labute approximate surface area is 186 Å². The van der Waals surface area contributed by atoms with Gasteiger partial charge in [0.25, 0.3) is 0 Å². The predicted octanol–water partition coefficient (Wildman–Crippen LogP) is 2.40. The largest absolute Gasteiger partial charge is 0.486 e. The number of piperidine rings is 1. The Hall–Kier alpha value is -2.92. The number of nitrogens with one attached hydrogen (secondary N) is 1. The minimum absolute atomic E-state index is 0.159. The van der Waals surface area contributed by atoms with Crippen LogP contribution in [0.4, 0.5) is 10.3 Å². The van der Waals surface area contributed by atoms with Gasteiger partial charge < -0.3 is 14.1 Å². The summed E-state index contributed by atoms with van der Waals surface area (Å²) in [6, 6.07) is 9.51. The molecule has 1 aliphatic rings. The van der Waals surface area contributed by atoms with E-state index in [-0.39, 0.29) is 18.3 Å². The first-order chi connectivity index (χ1) is 15.4. The van der Waals surface area contributed by atoms with Crippen molar-refractivity contribution in [2.75, 3.05) is 30.8 Å². The predicted molar refractivity (Wildman–Crippen MR) is 116 cm³/mol. The first kappa shape index (κ1) is 22.3. The number of benzene rings is 1. The van der Waals surface area contributed by atoms with E-state index in [0.717, 1.165) is 25.1 Å². The molecule has 9 nitrogen and oxygen atoms in total. The van der Waals surface area contributed by atoms with Crippen LogP contribution in [0.3, 0.4) is 0 Å². The molecule has 0 bridgehead atoms. The van der Waals surface area contributed by atoms with Crippen molar-refractivity contribution < 1.29 is 22.0 Å². The lowest BCUT2D eigenvalue weighted by Gasteiger charge is -2.33.